The molecule has 88 valence electrons. The fraction of sp³-hybridized carbons (Fsp3) is 0.417. The van der Waals surface area contributed by atoms with Gasteiger partial charge in [-0.2, -0.15) is 0 Å². The molecule has 1 amide bonds. The zero-order chi connectivity index (χ0) is 12.2. The summed E-state index contributed by atoms with van der Waals surface area (Å²) in [6.45, 7) is 1.43. The molecule has 0 heterocycles. The standard InChI is InChI=1S/C12H17NO3/c1-12(15,11(13)14)7-6-9-4-3-5-10(8-9)16-2/h3-5,8,15H,6-7H2,1-2H3,(H2,13,14). The van der Waals surface area contributed by atoms with Gasteiger partial charge in [0.05, 0.1) is 7.11 Å². The number of benzene rings is 1. The molecule has 0 bridgehead atoms. The maximum absolute atomic E-state index is 10.9. The third-order valence-electron chi connectivity index (χ3n) is 2.57. The highest BCUT2D eigenvalue weighted by molar-refractivity contribution is 5.82. The Hall–Kier alpha value is -1.55. The van der Waals surface area contributed by atoms with Gasteiger partial charge in [-0.25, -0.2) is 0 Å². The summed E-state index contributed by atoms with van der Waals surface area (Å²) in [5.41, 5.74) is 4.62. The Bertz CT molecular complexity index is 374. The molecule has 0 aliphatic carbocycles. The van der Waals surface area contributed by atoms with Gasteiger partial charge in [0, 0.05) is 0 Å². The minimum absolute atomic E-state index is 0.301. The number of ether oxygens (including phenoxy) is 1. The van der Waals surface area contributed by atoms with Crippen molar-refractivity contribution in [2.75, 3.05) is 7.11 Å². The number of nitrogens with two attached hydrogens (primary N) is 1. The van der Waals surface area contributed by atoms with Gasteiger partial charge >= 0.3 is 0 Å². The van der Waals surface area contributed by atoms with Crippen LogP contribution in [0.25, 0.3) is 0 Å². The molecule has 0 saturated carbocycles. The summed E-state index contributed by atoms with van der Waals surface area (Å²) in [7, 11) is 1.60. The normalized spacial score (nSPS) is 14.2. The Kier molecular flexibility index (Phi) is 3.90. The summed E-state index contributed by atoms with van der Waals surface area (Å²) >= 11 is 0. The van der Waals surface area contributed by atoms with Gasteiger partial charge < -0.3 is 15.6 Å². The number of hydrogen-bond donors (Lipinski definition) is 2. The molecule has 0 fully saturated rings. The number of aliphatic hydroxyl groups is 1. The van der Waals surface area contributed by atoms with Crippen LogP contribution < -0.4 is 10.5 Å². The van der Waals surface area contributed by atoms with E-state index in [1.165, 1.54) is 6.92 Å². The van der Waals surface area contributed by atoms with Gasteiger partial charge in [-0.3, -0.25) is 4.79 Å². The lowest BCUT2D eigenvalue weighted by atomic mass is 9.96. The Morgan fingerprint density at radius 3 is 2.81 bits per heavy atom. The van der Waals surface area contributed by atoms with Crippen LogP contribution in [0.2, 0.25) is 0 Å². The van der Waals surface area contributed by atoms with E-state index in [-0.39, 0.29) is 0 Å². The van der Waals surface area contributed by atoms with Crippen LogP contribution in [0, 0.1) is 0 Å². The second-order valence-electron chi connectivity index (χ2n) is 3.99. The molecule has 1 rings (SSSR count). The van der Waals surface area contributed by atoms with Crippen LogP contribution >= 0.6 is 0 Å². The molecule has 16 heavy (non-hydrogen) atoms. The zero-order valence-corrected chi connectivity index (χ0v) is 9.56. The minimum atomic E-state index is -1.46. The van der Waals surface area contributed by atoms with Crippen molar-refractivity contribution >= 4 is 5.91 Å². The van der Waals surface area contributed by atoms with E-state index in [1.54, 1.807) is 7.11 Å². The number of rotatable bonds is 5. The summed E-state index contributed by atoms with van der Waals surface area (Å²) in [4.78, 5) is 10.9. The van der Waals surface area contributed by atoms with Gasteiger partial charge in [-0.15, -0.1) is 0 Å². The third kappa shape index (κ3) is 3.24. The Morgan fingerprint density at radius 1 is 1.56 bits per heavy atom. The third-order valence-corrected chi connectivity index (χ3v) is 2.57. The second kappa shape index (κ2) is 4.99. The van der Waals surface area contributed by atoms with Gasteiger partial charge in [0.15, 0.2) is 0 Å². The molecule has 0 aliphatic rings. The minimum Gasteiger partial charge on any atom is -0.497 e. The first-order valence-electron chi connectivity index (χ1n) is 5.11. The first-order chi connectivity index (χ1) is 7.45. The van der Waals surface area contributed by atoms with E-state index in [4.69, 9.17) is 10.5 Å². The molecule has 0 aliphatic heterocycles. The van der Waals surface area contributed by atoms with Gasteiger partial charge in [-0.1, -0.05) is 12.1 Å². The predicted octanol–water partition coefficient (Wildman–Crippen LogP) is 0.864. The van der Waals surface area contributed by atoms with Crippen LogP contribution in [0.4, 0.5) is 0 Å². The number of amides is 1. The molecule has 1 aromatic rings. The monoisotopic (exact) mass is 223 g/mol. The average molecular weight is 223 g/mol. The first-order valence-corrected chi connectivity index (χ1v) is 5.11. The molecule has 4 heteroatoms. The highest BCUT2D eigenvalue weighted by Gasteiger charge is 2.26. The summed E-state index contributed by atoms with van der Waals surface area (Å²) in [6.07, 6.45) is 0.878. The topological polar surface area (TPSA) is 72.6 Å². The maximum Gasteiger partial charge on any atom is 0.249 e. The zero-order valence-electron chi connectivity index (χ0n) is 9.56. The molecule has 3 N–H and O–H groups in total. The van der Waals surface area contributed by atoms with Crippen molar-refractivity contribution in [3.63, 3.8) is 0 Å². The van der Waals surface area contributed by atoms with Crippen molar-refractivity contribution in [3.8, 4) is 5.75 Å². The smallest absolute Gasteiger partial charge is 0.249 e. The van der Waals surface area contributed by atoms with E-state index < -0.39 is 11.5 Å². The Balaban J connectivity index is 2.64. The number of carbonyl (C=O) groups is 1. The molecule has 0 spiro atoms. The number of aryl methyl sites for hydroxylation is 1. The van der Waals surface area contributed by atoms with Crippen LogP contribution in [0.3, 0.4) is 0 Å². The molecule has 0 aromatic heterocycles. The molecule has 1 unspecified atom stereocenters. The lowest BCUT2D eigenvalue weighted by Crippen LogP contribution is -2.41. The highest BCUT2D eigenvalue weighted by atomic mass is 16.5. The number of carbonyl (C=O) groups excluding carboxylic acids is 1. The lowest BCUT2D eigenvalue weighted by molar-refractivity contribution is -0.135. The Morgan fingerprint density at radius 2 is 2.25 bits per heavy atom. The molecule has 4 nitrogen and oxygen atoms in total. The van der Waals surface area contributed by atoms with Crippen molar-refractivity contribution in [2.45, 2.75) is 25.4 Å². The summed E-state index contributed by atoms with van der Waals surface area (Å²) < 4.78 is 5.08. The molecule has 1 aromatic carbocycles. The average Bonchev–Trinajstić information content (AvgIpc) is 2.26. The van der Waals surface area contributed by atoms with Crippen molar-refractivity contribution in [1.29, 1.82) is 0 Å². The summed E-state index contributed by atoms with van der Waals surface area (Å²) in [5.74, 6) is 0.0617. The van der Waals surface area contributed by atoms with Gasteiger partial charge in [0.2, 0.25) is 5.91 Å². The fourth-order valence-corrected chi connectivity index (χ4v) is 1.34. The van der Waals surface area contributed by atoms with Crippen LogP contribution in [0.5, 0.6) is 5.75 Å². The van der Waals surface area contributed by atoms with E-state index in [2.05, 4.69) is 0 Å². The number of primary amides is 1. The largest absolute Gasteiger partial charge is 0.497 e. The molecular weight excluding hydrogens is 206 g/mol. The van der Waals surface area contributed by atoms with Crippen LogP contribution in [-0.2, 0) is 11.2 Å². The lowest BCUT2D eigenvalue weighted by Gasteiger charge is -2.18. The molecule has 0 saturated heterocycles. The first kappa shape index (κ1) is 12.5. The van der Waals surface area contributed by atoms with Crippen LogP contribution in [-0.4, -0.2) is 23.7 Å². The van der Waals surface area contributed by atoms with Crippen molar-refractivity contribution in [2.24, 2.45) is 5.73 Å². The fourth-order valence-electron chi connectivity index (χ4n) is 1.34. The van der Waals surface area contributed by atoms with Gasteiger partial charge in [-0.05, 0) is 37.5 Å². The quantitative estimate of drug-likeness (QED) is 0.777. The van der Waals surface area contributed by atoms with Crippen LogP contribution in [0.15, 0.2) is 24.3 Å². The Labute approximate surface area is 95.0 Å². The van der Waals surface area contributed by atoms with Crippen molar-refractivity contribution in [1.82, 2.24) is 0 Å². The van der Waals surface area contributed by atoms with Gasteiger partial charge in [0.1, 0.15) is 11.4 Å². The summed E-state index contributed by atoms with van der Waals surface area (Å²) in [5, 5.41) is 9.67. The van der Waals surface area contributed by atoms with Crippen LogP contribution in [0.1, 0.15) is 18.9 Å². The molecule has 0 radical (unpaired) electrons. The maximum atomic E-state index is 10.9. The van der Waals surface area contributed by atoms with Crippen molar-refractivity contribution in [3.05, 3.63) is 29.8 Å². The number of hydrogen-bond acceptors (Lipinski definition) is 3. The van der Waals surface area contributed by atoms with Crippen molar-refractivity contribution < 1.29 is 14.6 Å². The van der Waals surface area contributed by atoms with E-state index >= 15 is 0 Å². The molecule has 1 atom stereocenters. The van der Waals surface area contributed by atoms with E-state index in [1.807, 2.05) is 24.3 Å². The van der Waals surface area contributed by atoms with E-state index in [0.29, 0.717) is 12.8 Å². The molecular formula is C12H17NO3. The SMILES string of the molecule is COc1cccc(CCC(C)(O)C(N)=O)c1. The van der Waals surface area contributed by atoms with E-state index in [9.17, 15) is 9.90 Å². The van der Waals surface area contributed by atoms with E-state index in [0.717, 1.165) is 11.3 Å². The number of methoxy groups -OCH3 is 1. The summed E-state index contributed by atoms with van der Waals surface area (Å²) in [6, 6.07) is 7.50. The predicted molar refractivity (Wildman–Crippen MR) is 61.1 cm³/mol. The highest BCUT2D eigenvalue weighted by Crippen LogP contribution is 2.17. The van der Waals surface area contributed by atoms with Gasteiger partial charge in [0.25, 0.3) is 0 Å². The second-order valence-corrected chi connectivity index (χ2v) is 3.99.